The van der Waals surface area contributed by atoms with Crippen molar-refractivity contribution in [3.05, 3.63) is 65.9 Å². The first-order valence-electron chi connectivity index (χ1n) is 9.10. The van der Waals surface area contributed by atoms with Gasteiger partial charge in [-0.1, -0.05) is 30.3 Å². The van der Waals surface area contributed by atoms with Crippen molar-refractivity contribution >= 4 is 15.7 Å². The third-order valence-corrected chi connectivity index (χ3v) is 5.88. The molecule has 0 saturated heterocycles. The Balaban J connectivity index is 2.18. The van der Waals surface area contributed by atoms with Gasteiger partial charge in [0.1, 0.15) is 0 Å². The van der Waals surface area contributed by atoms with E-state index in [4.69, 9.17) is 0 Å². The molecule has 2 aromatic carbocycles. The molecule has 0 amide bonds. The Hall–Kier alpha value is -3.01. The van der Waals surface area contributed by atoms with Crippen LogP contribution in [0, 0.1) is 6.92 Å². The molecule has 0 spiro atoms. The number of nitrogens with zero attached hydrogens (tertiary/aromatic N) is 3. The summed E-state index contributed by atoms with van der Waals surface area (Å²) < 4.78 is 65.6. The summed E-state index contributed by atoms with van der Waals surface area (Å²) in [6.07, 6.45) is -4.74. The number of alkyl halides is 3. The largest absolute Gasteiger partial charge is 0.435 e. The molecule has 3 aromatic rings. The van der Waals surface area contributed by atoms with E-state index in [9.17, 15) is 21.6 Å². The number of aromatic nitrogens is 2. The smallest absolute Gasteiger partial charge is 0.374 e. The number of nitrogens with one attached hydrogen (secondary N) is 1. The molecule has 160 valence electrons. The first-order chi connectivity index (χ1) is 14.0. The van der Waals surface area contributed by atoms with Crippen molar-refractivity contribution in [1.82, 2.24) is 9.89 Å². The van der Waals surface area contributed by atoms with E-state index >= 15 is 0 Å². The molecule has 3 rings (SSSR count). The molecular weight excluding hydrogens is 417 g/mol. The van der Waals surface area contributed by atoms with Crippen molar-refractivity contribution in [1.29, 1.82) is 0 Å². The van der Waals surface area contributed by atoms with Gasteiger partial charge in [-0.05, 0) is 43.7 Å². The quantitative estimate of drug-likeness (QED) is 0.624. The molecule has 0 aliphatic rings. The average Bonchev–Trinajstić information content (AvgIpc) is 3.11. The first kappa shape index (κ1) is 21.7. The average molecular weight is 438 g/mol. The predicted octanol–water partition coefficient (Wildman–Crippen LogP) is 4.27. The van der Waals surface area contributed by atoms with E-state index in [1.807, 2.05) is 24.8 Å². The Kier molecular flexibility index (Phi) is 5.80. The van der Waals surface area contributed by atoms with E-state index in [0.717, 1.165) is 11.6 Å². The molecule has 0 radical (unpaired) electrons. The van der Waals surface area contributed by atoms with Crippen LogP contribution in [0.25, 0.3) is 11.3 Å². The molecule has 10 heteroatoms. The van der Waals surface area contributed by atoms with Crippen molar-refractivity contribution in [2.45, 2.75) is 24.9 Å². The Morgan fingerprint density at radius 3 is 2.37 bits per heavy atom. The SMILES string of the molecule is CCN(C)c1cc(C)ccc1-c1cc(C(F)(F)F)nn1NS(=O)(=O)c1ccccc1. The lowest BCUT2D eigenvalue weighted by Crippen LogP contribution is -2.26. The molecular formula is C20H21F3N4O2S. The third-order valence-electron chi connectivity index (χ3n) is 4.57. The number of rotatable bonds is 6. The molecule has 0 bridgehead atoms. The van der Waals surface area contributed by atoms with Crippen molar-refractivity contribution in [3.8, 4) is 11.3 Å². The first-order valence-corrected chi connectivity index (χ1v) is 10.6. The lowest BCUT2D eigenvalue weighted by molar-refractivity contribution is -0.141. The molecule has 30 heavy (non-hydrogen) atoms. The third kappa shape index (κ3) is 4.43. The van der Waals surface area contributed by atoms with E-state index < -0.39 is 21.9 Å². The number of sulfonamides is 1. The maximum Gasteiger partial charge on any atom is 0.435 e. The highest BCUT2D eigenvalue weighted by Crippen LogP contribution is 2.36. The summed E-state index contributed by atoms with van der Waals surface area (Å²) in [5, 5.41) is 3.50. The number of halogens is 3. The standard InChI is InChI=1S/C20H21F3N4O2S/c1-4-26(3)17-12-14(2)10-11-16(17)18-13-19(20(21,22)23)24-27(18)25-30(28,29)15-8-6-5-7-9-15/h5-13,25H,4H2,1-3H3. The monoisotopic (exact) mass is 438 g/mol. The summed E-state index contributed by atoms with van der Waals surface area (Å²) in [7, 11) is -2.35. The second-order valence-corrected chi connectivity index (χ2v) is 8.43. The second kappa shape index (κ2) is 8.02. The highest BCUT2D eigenvalue weighted by Gasteiger charge is 2.36. The summed E-state index contributed by atoms with van der Waals surface area (Å²) in [6, 6.07) is 13.4. The summed E-state index contributed by atoms with van der Waals surface area (Å²) in [5.74, 6) is 0. The van der Waals surface area contributed by atoms with Crippen LogP contribution < -0.4 is 9.73 Å². The van der Waals surface area contributed by atoms with E-state index in [-0.39, 0.29) is 10.6 Å². The Morgan fingerprint density at radius 1 is 1.10 bits per heavy atom. The highest BCUT2D eigenvalue weighted by atomic mass is 32.2. The molecule has 0 aliphatic carbocycles. The summed E-state index contributed by atoms with van der Waals surface area (Å²) in [4.78, 5) is 4.59. The zero-order valence-corrected chi connectivity index (χ0v) is 17.4. The fourth-order valence-corrected chi connectivity index (χ4v) is 3.88. The van der Waals surface area contributed by atoms with E-state index in [1.54, 1.807) is 25.2 Å². The van der Waals surface area contributed by atoms with Gasteiger partial charge in [0.2, 0.25) is 0 Å². The van der Waals surface area contributed by atoms with Gasteiger partial charge < -0.3 is 4.90 Å². The zero-order chi connectivity index (χ0) is 22.1. The van der Waals surface area contributed by atoms with Crippen molar-refractivity contribution in [2.75, 3.05) is 23.3 Å². The van der Waals surface area contributed by atoms with Crippen molar-refractivity contribution in [3.63, 3.8) is 0 Å². The number of hydrogen-bond acceptors (Lipinski definition) is 4. The molecule has 1 N–H and O–H groups in total. The molecule has 6 nitrogen and oxygen atoms in total. The van der Waals surface area contributed by atoms with Crippen LogP contribution in [-0.4, -0.2) is 31.9 Å². The molecule has 0 unspecified atom stereocenters. The normalized spacial score (nSPS) is 12.1. The molecule has 1 aromatic heterocycles. The van der Waals surface area contributed by atoms with Crippen LogP contribution in [0.4, 0.5) is 18.9 Å². The maximum absolute atomic E-state index is 13.4. The molecule has 0 fully saturated rings. The lowest BCUT2D eigenvalue weighted by atomic mass is 10.1. The van der Waals surface area contributed by atoms with E-state index in [2.05, 4.69) is 9.93 Å². The van der Waals surface area contributed by atoms with Gasteiger partial charge in [-0.2, -0.15) is 31.2 Å². The van der Waals surface area contributed by atoms with Gasteiger partial charge >= 0.3 is 6.18 Å². The van der Waals surface area contributed by atoms with Gasteiger partial charge in [0.25, 0.3) is 10.0 Å². The minimum atomic E-state index is -4.74. The van der Waals surface area contributed by atoms with Crippen LogP contribution in [-0.2, 0) is 16.2 Å². The lowest BCUT2D eigenvalue weighted by Gasteiger charge is -2.22. The van der Waals surface area contributed by atoms with Crippen LogP contribution in [0.3, 0.4) is 0 Å². The second-order valence-electron chi connectivity index (χ2n) is 6.77. The Bertz CT molecular complexity index is 1140. The molecule has 0 saturated carbocycles. The summed E-state index contributed by atoms with van der Waals surface area (Å²) in [5.41, 5.74) is 0.784. The van der Waals surface area contributed by atoms with Crippen LogP contribution in [0.5, 0.6) is 0 Å². The van der Waals surface area contributed by atoms with Crippen LogP contribution >= 0.6 is 0 Å². The van der Waals surface area contributed by atoms with Gasteiger partial charge in [-0.15, -0.1) is 5.10 Å². The van der Waals surface area contributed by atoms with E-state index in [1.165, 1.54) is 24.3 Å². The zero-order valence-electron chi connectivity index (χ0n) is 16.6. The minimum absolute atomic E-state index is 0.0165. The Morgan fingerprint density at radius 2 is 1.77 bits per heavy atom. The number of benzene rings is 2. The van der Waals surface area contributed by atoms with Crippen LogP contribution in [0.1, 0.15) is 18.2 Å². The molecule has 0 atom stereocenters. The number of anilines is 1. The fraction of sp³-hybridized carbons (Fsp3) is 0.250. The van der Waals surface area contributed by atoms with Crippen LogP contribution in [0.15, 0.2) is 59.5 Å². The predicted molar refractivity (Wildman–Crippen MR) is 109 cm³/mol. The van der Waals surface area contributed by atoms with Crippen LogP contribution in [0.2, 0.25) is 0 Å². The minimum Gasteiger partial charge on any atom is -0.374 e. The van der Waals surface area contributed by atoms with Gasteiger partial charge in [-0.25, -0.2) is 0 Å². The highest BCUT2D eigenvalue weighted by molar-refractivity contribution is 7.92. The van der Waals surface area contributed by atoms with Crippen molar-refractivity contribution < 1.29 is 21.6 Å². The van der Waals surface area contributed by atoms with Gasteiger partial charge in [0.05, 0.1) is 10.6 Å². The number of aryl methyl sites for hydroxylation is 1. The van der Waals surface area contributed by atoms with Gasteiger partial charge in [-0.3, -0.25) is 0 Å². The molecule has 1 heterocycles. The van der Waals surface area contributed by atoms with Gasteiger partial charge in [0.15, 0.2) is 5.69 Å². The maximum atomic E-state index is 13.4. The van der Waals surface area contributed by atoms with E-state index in [0.29, 0.717) is 22.6 Å². The summed E-state index contributed by atoms with van der Waals surface area (Å²) in [6.45, 7) is 4.38. The fourth-order valence-electron chi connectivity index (χ4n) is 2.89. The molecule has 0 aliphatic heterocycles. The van der Waals surface area contributed by atoms with Gasteiger partial charge in [0, 0.05) is 24.8 Å². The number of hydrogen-bond donors (Lipinski definition) is 1. The topological polar surface area (TPSA) is 67.2 Å². The Labute approximate surface area is 173 Å². The summed E-state index contributed by atoms with van der Waals surface area (Å²) >= 11 is 0. The van der Waals surface area contributed by atoms with Crippen molar-refractivity contribution in [2.24, 2.45) is 0 Å².